The molecule has 31 heavy (non-hydrogen) atoms. The monoisotopic (exact) mass is 560 g/mol. The van der Waals surface area contributed by atoms with Crippen LogP contribution in [-0.4, -0.2) is 25.2 Å². The van der Waals surface area contributed by atoms with Gasteiger partial charge in [0.2, 0.25) is 15.9 Å². The quantitative estimate of drug-likeness (QED) is 0.371. The minimum atomic E-state index is -4.03. The van der Waals surface area contributed by atoms with Crippen LogP contribution in [0.25, 0.3) is 0 Å². The molecule has 0 heterocycles. The standard InChI is InChI=1S/C21H16BrCl3N2O3S/c22-15-2-1-3-18(10-15)26-21(28)13-27(12-14-4-5-17(24)11-20(14)25)31(29,30)19-8-6-16(23)7-9-19/h1-11H,12-13H2,(H,26,28). The van der Waals surface area contributed by atoms with Crippen molar-refractivity contribution in [3.63, 3.8) is 0 Å². The molecule has 10 heteroatoms. The number of sulfonamides is 1. The zero-order chi connectivity index (χ0) is 22.6. The molecule has 0 atom stereocenters. The van der Waals surface area contributed by atoms with E-state index in [0.29, 0.717) is 26.3 Å². The lowest BCUT2D eigenvalue weighted by Gasteiger charge is -2.22. The van der Waals surface area contributed by atoms with Crippen LogP contribution in [0.1, 0.15) is 5.56 Å². The summed E-state index contributed by atoms with van der Waals surface area (Å²) in [6.45, 7) is -0.538. The normalized spacial score (nSPS) is 11.5. The number of anilines is 1. The van der Waals surface area contributed by atoms with Crippen LogP contribution in [0.2, 0.25) is 15.1 Å². The lowest BCUT2D eigenvalue weighted by Crippen LogP contribution is -2.37. The first-order valence-corrected chi connectivity index (χ1v) is 12.3. The molecule has 5 nitrogen and oxygen atoms in total. The highest BCUT2D eigenvalue weighted by Crippen LogP contribution is 2.26. The second-order valence-corrected chi connectivity index (χ2v) is 10.7. The number of nitrogens with one attached hydrogen (secondary N) is 1. The minimum absolute atomic E-state index is 0.0113. The summed E-state index contributed by atoms with van der Waals surface area (Å²) >= 11 is 21.4. The lowest BCUT2D eigenvalue weighted by atomic mass is 10.2. The van der Waals surface area contributed by atoms with E-state index in [1.54, 1.807) is 30.3 Å². The van der Waals surface area contributed by atoms with Gasteiger partial charge in [0.1, 0.15) is 0 Å². The van der Waals surface area contributed by atoms with Gasteiger partial charge in [0, 0.05) is 31.8 Å². The maximum absolute atomic E-state index is 13.3. The molecule has 0 radical (unpaired) electrons. The number of hydrogen-bond acceptors (Lipinski definition) is 3. The van der Waals surface area contributed by atoms with E-state index in [-0.39, 0.29) is 11.4 Å². The topological polar surface area (TPSA) is 66.5 Å². The van der Waals surface area contributed by atoms with Crippen LogP contribution in [0.5, 0.6) is 0 Å². The van der Waals surface area contributed by atoms with Crippen molar-refractivity contribution in [2.24, 2.45) is 0 Å². The fourth-order valence-corrected chi connectivity index (χ4v) is 5.12. The Bertz CT molecular complexity index is 1200. The van der Waals surface area contributed by atoms with Crippen LogP contribution in [0.15, 0.2) is 76.1 Å². The van der Waals surface area contributed by atoms with E-state index in [4.69, 9.17) is 34.8 Å². The van der Waals surface area contributed by atoms with Crippen LogP contribution >= 0.6 is 50.7 Å². The molecule has 3 aromatic carbocycles. The minimum Gasteiger partial charge on any atom is -0.325 e. The lowest BCUT2D eigenvalue weighted by molar-refractivity contribution is -0.116. The third-order valence-corrected chi connectivity index (χ3v) is 7.38. The second kappa shape index (κ2) is 10.3. The van der Waals surface area contributed by atoms with Crippen LogP contribution in [0, 0.1) is 0 Å². The molecular weight excluding hydrogens is 547 g/mol. The fraction of sp³-hybridized carbons (Fsp3) is 0.0952. The van der Waals surface area contributed by atoms with Crippen molar-refractivity contribution in [1.82, 2.24) is 4.31 Å². The maximum Gasteiger partial charge on any atom is 0.243 e. The molecule has 0 spiro atoms. The van der Waals surface area contributed by atoms with Gasteiger partial charge < -0.3 is 5.32 Å². The number of carbonyl (C=O) groups excluding carboxylic acids is 1. The predicted molar refractivity (Wildman–Crippen MR) is 128 cm³/mol. The van der Waals surface area contributed by atoms with Gasteiger partial charge >= 0.3 is 0 Å². The van der Waals surface area contributed by atoms with Crippen molar-refractivity contribution in [3.8, 4) is 0 Å². The highest BCUT2D eigenvalue weighted by molar-refractivity contribution is 9.10. The Morgan fingerprint density at radius 2 is 1.61 bits per heavy atom. The van der Waals surface area contributed by atoms with Gasteiger partial charge in [-0.15, -0.1) is 0 Å². The Balaban J connectivity index is 1.91. The van der Waals surface area contributed by atoms with Gasteiger partial charge in [0.05, 0.1) is 11.4 Å². The highest BCUT2D eigenvalue weighted by atomic mass is 79.9. The van der Waals surface area contributed by atoms with E-state index >= 15 is 0 Å². The van der Waals surface area contributed by atoms with E-state index < -0.39 is 22.5 Å². The Labute approximate surface area is 204 Å². The molecular formula is C21H16BrCl3N2O3S. The fourth-order valence-electron chi connectivity index (χ4n) is 2.75. The molecule has 0 bridgehead atoms. The molecule has 1 amide bonds. The van der Waals surface area contributed by atoms with Crippen molar-refractivity contribution in [2.45, 2.75) is 11.4 Å². The number of halogens is 4. The summed E-state index contributed by atoms with van der Waals surface area (Å²) in [5.74, 6) is -0.499. The molecule has 1 N–H and O–H groups in total. The average Bonchev–Trinajstić information content (AvgIpc) is 2.69. The van der Waals surface area contributed by atoms with Crippen LogP contribution in [-0.2, 0) is 21.4 Å². The molecule has 3 aromatic rings. The number of hydrogen-bond donors (Lipinski definition) is 1. The van der Waals surface area contributed by atoms with Crippen molar-refractivity contribution in [1.29, 1.82) is 0 Å². The number of rotatable bonds is 7. The van der Waals surface area contributed by atoms with E-state index in [1.807, 2.05) is 6.07 Å². The van der Waals surface area contributed by atoms with E-state index in [0.717, 1.165) is 8.78 Å². The smallest absolute Gasteiger partial charge is 0.243 e. The van der Waals surface area contributed by atoms with Gasteiger partial charge in [-0.05, 0) is 60.2 Å². The zero-order valence-electron chi connectivity index (χ0n) is 15.9. The molecule has 0 saturated heterocycles. The Hall–Kier alpha value is -1.61. The van der Waals surface area contributed by atoms with Gasteiger partial charge in [-0.3, -0.25) is 4.79 Å². The van der Waals surface area contributed by atoms with Crippen LogP contribution in [0.4, 0.5) is 5.69 Å². The van der Waals surface area contributed by atoms with Crippen LogP contribution < -0.4 is 5.32 Å². The molecule has 0 fully saturated rings. The molecule has 0 aliphatic heterocycles. The summed E-state index contributed by atoms with van der Waals surface area (Å²) in [5, 5.41) is 3.83. The predicted octanol–water partition coefficient (Wildman–Crippen LogP) is 6.24. The average molecular weight is 563 g/mol. The molecule has 162 valence electrons. The van der Waals surface area contributed by atoms with Crippen molar-refractivity contribution < 1.29 is 13.2 Å². The van der Waals surface area contributed by atoms with Crippen molar-refractivity contribution in [3.05, 3.63) is 91.8 Å². The van der Waals surface area contributed by atoms with Gasteiger partial charge in [0.15, 0.2) is 0 Å². The third-order valence-electron chi connectivity index (χ3n) is 4.24. The van der Waals surface area contributed by atoms with Gasteiger partial charge in [0.25, 0.3) is 0 Å². The Morgan fingerprint density at radius 3 is 2.26 bits per heavy atom. The van der Waals surface area contributed by atoms with Crippen LogP contribution in [0.3, 0.4) is 0 Å². The summed E-state index contributed by atoms with van der Waals surface area (Å²) < 4.78 is 28.4. The van der Waals surface area contributed by atoms with Gasteiger partial charge in [-0.2, -0.15) is 4.31 Å². The molecule has 0 saturated carbocycles. The summed E-state index contributed by atoms with van der Waals surface area (Å²) in [4.78, 5) is 12.7. The summed E-state index contributed by atoms with van der Waals surface area (Å²) in [6, 6.07) is 17.5. The van der Waals surface area contributed by atoms with Gasteiger partial charge in [-0.1, -0.05) is 62.9 Å². The number of benzene rings is 3. The van der Waals surface area contributed by atoms with E-state index in [1.165, 1.54) is 30.3 Å². The zero-order valence-corrected chi connectivity index (χ0v) is 20.5. The van der Waals surface area contributed by atoms with E-state index in [9.17, 15) is 13.2 Å². The Morgan fingerprint density at radius 1 is 0.935 bits per heavy atom. The molecule has 0 unspecified atom stereocenters. The first kappa shape index (κ1) is 24.0. The van der Waals surface area contributed by atoms with Crippen molar-refractivity contribution >= 4 is 72.4 Å². The number of amides is 1. The number of nitrogens with zero attached hydrogens (tertiary/aromatic N) is 1. The Kier molecular flexibility index (Phi) is 8.02. The van der Waals surface area contributed by atoms with Gasteiger partial charge in [-0.25, -0.2) is 8.42 Å². The first-order valence-electron chi connectivity index (χ1n) is 8.90. The molecule has 0 aromatic heterocycles. The third kappa shape index (κ3) is 6.44. The second-order valence-electron chi connectivity index (χ2n) is 6.52. The summed E-state index contributed by atoms with van der Waals surface area (Å²) in [6.07, 6.45) is 0. The molecule has 0 aliphatic carbocycles. The first-order chi connectivity index (χ1) is 14.6. The highest BCUT2D eigenvalue weighted by Gasteiger charge is 2.27. The maximum atomic E-state index is 13.3. The molecule has 0 aliphatic rings. The summed E-state index contributed by atoms with van der Waals surface area (Å²) in [7, 11) is -4.03. The number of carbonyl (C=O) groups is 1. The van der Waals surface area contributed by atoms with Crippen molar-refractivity contribution in [2.75, 3.05) is 11.9 Å². The summed E-state index contributed by atoms with van der Waals surface area (Å²) in [5.41, 5.74) is 1.05. The van der Waals surface area contributed by atoms with E-state index in [2.05, 4.69) is 21.2 Å². The largest absolute Gasteiger partial charge is 0.325 e. The SMILES string of the molecule is O=C(CN(Cc1ccc(Cl)cc1Cl)S(=O)(=O)c1ccc(Cl)cc1)Nc1cccc(Br)c1. The molecule has 3 rings (SSSR count).